The van der Waals surface area contributed by atoms with E-state index in [1.165, 1.54) is 12.1 Å². The van der Waals surface area contributed by atoms with Gasteiger partial charge in [0.2, 0.25) is 5.91 Å². The summed E-state index contributed by atoms with van der Waals surface area (Å²) in [6.07, 6.45) is 1.53. The van der Waals surface area contributed by atoms with E-state index in [9.17, 15) is 18.8 Å². The van der Waals surface area contributed by atoms with E-state index in [1.54, 1.807) is 49.6 Å². The molecular formula is C21H19FN2O4S. The van der Waals surface area contributed by atoms with Gasteiger partial charge in [0.1, 0.15) is 11.6 Å². The summed E-state index contributed by atoms with van der Waals surface area (Å²) >= 11 is 0.855. The highest BCUT2D eigenvalue weighted by Crippen LogP contribution is 2.32. The second-order valence-corrected chi connectivity index (χ2v) is 7.22. The Morgan fingerprint density at radius 2 is 1.90 bits per heavy atom. The summed E-state index contributed by atoms with van der Waals surface area (Å²) in [5.41, 5.74) is 1.06. The Morgan fingerprint density at radius 1 is 1.17 bits per heavy atom. The summed E-state index contributed by atoms with van der Waals surface area (Å²) in [7, 11) is 1.56. The summed E-state index contributed by atoms with van der Waals surface area (Å²) < 4.78 is 18.7. The lowest BCUT2D eigenvalue weighted by molar-refractivity contribution is -0.124. The fourth-order valence-corrected chi connectivity index (χ4v) is 3.59. The molecule has 0 saturated carbocycles. The zero-order chi connectivity index (χ0) is 20.8. The number of nitrogens with one attached hydrogen (secondary N) is 1. The molecule has 1 saturated heterocycles. The first-order valence-electron chi connectivity index (χ1n) is 8.87. The molecule has 1 aliphatic heterocycles. The highest BCUT2D eigenvalue weighted by Gasteiger charge is 2.34. The van der Waals surface area contributed by atoms with E-state index in [-0.39, 0.29) is 25.4 Å². The molecule has 0 bridgehead atoms. The van der Waals surface area contributed by atoms with Crippen LogP contribution in [-0.2, 0) is 16.0 Å². The summed E-state index contributed by atoms with van der Waals surface area (Å²) in [4.78, 5) is 38.0. The van der Waals surface area contributed by atoms with Gasteiger partial charge in [0.25, 0.3) is 11.1 Å². The van der Waals surface area contributed by atoms with E-state index < -0.39 is 17.0 Å². The van der Waals surface area contributed by atoms with Crippen LogP contribution in [0, 0.1) is 5.82 Å². The molecule has 3 amide bonds. The molecule has 1 N–H and O–H groups in total. The standard InChI is InChI=1S/C21H19FN2O4S/c1-28-16-8-6-14(7-9-16)12-18-20(26)24(21(27)29-18)11-10-23-19(25)13-15-4-2-3-5-17(15)22/h2-9,12H,10-11,13H2,1H3,(H,23,25). The highest BCUT2D eigenvalue weighted by molar-refractivity contribution is 8.18. The number of halogens is 1. The van der Waals surface area contributed by atoms with E-state index in [0.717, 1.165) is 22.2 Å². The molecular weight excluding hydrogens is 395 g/mol. The molecule has 150 valence electrons. The van der Waals surface area contributed by atoms with Gasteiger partial charge in [0, 0.05) is 13.1 Å². The van der Waals surface area contributed by atoms with Crippen molar-refractivity contribution in [3.05, 3.63) is 70.4 Å². The third-order valence-corrected chi connectivity index (χ3v) is 5.16. The third kappa shape index (κ3) is 5.23. The smallest absolute Gasteiger partial charge is 0.293 e. The van der Waals surface area contributed by atoms with E-state index in [2.05, 4.69) is 5.32 Å². The van der Waals surface area contributed by atoms with Gasteiger partial charge in [0.15, 0.2) is 0 Å². The quantitative estimate of drug-likeness (QED) is 0.704. The number of ether oxygens (including phenoxy) is 1. The Labute approximate surface area is 171 Å². The van der Waals surface area contributed by atoms with Gasteiger partial charge in [-0.2, -0.15) is 0 Å². The summed E-state index contributed by atoms with van der Waals surface area (Å²) in [5, 5.41) is 2.22. The van der Waals surface area contributed by atoms with Crippen LogP contribution in [-0.4, -0.2) is 42.2 Å². The molecule has 0 radical (unpaired) electrons. The second kappa shape index (κ2) is 9.38. The van der Waals surface area contributed by atoms with Crippen LogP contribution >= 0.6 is 11.8 Å². The molecule has 0 unspecified atom stereocenters. The predicted octanol–water partition coefficient (Wildman–Crippen LogP) is 3.23. The number of carbonyl (C=O) groups excluding carboxylic acids is 3. The number of nitrogens with zero attached hydrogens (tertiary/aromatic N) is 1. The van der Waals surface area contributed by atoms with Crippen LogP contribution in [0.1, 0.15) is 11.1 Å². The minimum atomic E-state index is -0.447. The molecule has 0 atom stereocenters. The van der Waals surface area contributed by atoms with Crippen molar-refractivity contribution >= 4 is 34.9 Å². The second-order valence-electron chi connectivity index (χ2n) is 6.22. The number of hydrogen-bond acceptors (Lipinski definition) is 5. The van der Waals surface area contributed by atoms with Gasteiger partial charge in [-0.3, -0.25) is 19.3 Å². The van der Waals surface area contributed by atoms with Crippen LogP contribution < -0.4 is 10.1 Å². The predicted molar refractivity (Wildman–Crippen MR) is 109 cm³/mol. The molecule has 6 nitrogen and oxygen atoms in total. The molecule has 0 aromatic heterocycles. The van der Waals surface area contributed by atoms with Crippen molar-refractivity contribution in [1.82, 2.24) is 10.2 Å². The van der Waals surface area contributed by atoms with Crippen molar-refractivity contribution in [2.24, 2.45) is 0 Å². The number of carbonyl (C=O) groups is 3. The maximum absolute atomic E-state index is 13.6. The minimum Gasteiger partial charge on any atom is -0.497 e. The largest absolute Gasteiger partial charge is 0.497 e. The van der Waals surface area contributed by atoms with Crippen molar-refractivity contribution in [3.8, 4) is 5.75 Å². The molecule has 2 aromatic rings. The zero-order valence-corrected chi connectivity index (χ0v) is 16.5. The SMILES string of the molecule is COc1ccc(C=C2SC(=O)N(CCNC(=O)Cc3ccccc3F)C2=O)cc1. The van der Waals surface area contributed by atoms with Gasteiger partial charge < -0.3 is 10.1 Å². The first kappa shape index (κ1) is 20.6. The number of methoxy groups -OCH3 is 1. The van der Waals surface area contributed by atoms with Gasteiger partial charge in [-0.1, -0.05) is 30.3 Å². The lowest BCUT2D eigenvalue weighted by atomic mass is 10.1. The molecule has 1 fully saturated rings. The number of thioether (sulfide) groups is 1. The van der Waals surface area contributed by atoms with Crippen LogP contribution in [0.2, 0.25) is 0 Å². The van der Waals surface area contributed by atoms with Crippen LogP contribution in [0.5, 0.6) is 5.75 Å². The van der Waals surface area contributed by atoms with Crippen molar-refractivity contribution in [1.29, 1.82) is 0 Å². The third-order valence-electron chi connectivity index (χ3n) is 4.25. The summed E-state index contributed by atoms with van der Waals surface area (Å²) in [6.45, 7) is 0.148. The number of benzene rings is 2. The minimum absolute atomic E-state index is 0.0492. The van der Waals surface area contributed by atoms with Crippen molar-refractivity contribution < 1.29 is 23.5 Å². The number of rotatable bonds is 7. The number of imide groups is 1. The Bertz CT molecular complexity index is 959. The topological polar surface area (TPSA) is 75.7 Å². The van der Waals surface area contributed by atoms with Crippen LogP contribution in [0.4, 0.5) is 9.18 Å². The molecule has 0 aliphatic carbocycles. The van der Waals surface area contributed by atoms with Crippen LogP contribution in [0.25, 0.3) is 6.08 Å². The molecule has 1 aliphatic rings. The van der Waals surface area contributed by atoms with Crippen LogP contribution in [0.3, 0.4) is 0 Å². The number of hydrogen-bond donors (Lipinski definition) is 1. The van der Waals surface area contributed by atoms with E-state index in [4.69, 9.17) is 4.74 Å². The average Bonchev–Trinajstić information content (AvgIpc) is 2.97. The van der Waals surface area contributed by atoms with E-state index in [0.29, 0.717) is 16.2 Å². The van der Waals surface area contributed by atoms with Gasteiger partial charge >= 0.3 is 0 Å². The summed E-state index contributed by atoms with van der Waals surface area (Å²) in [6, 6.07) is 13.1. The van der Waals surface area contributed by atoms with Crippen LogP contribution in [0.15, 0.2) is 53.4 Å². The van der Waals surface area contributed by atoms with Gasteiger partial charge in [0.05, 0.1) is 18.4 Å². The Balaban J connectivity index is 1.54. The van der Waals surface area contributed by atoms with E-state index >= 15 is 0 Å². The first-order valence-corrected chi connectivity index (χ1v) is 9.69. The van der Waals surface area contributed by atoms with E-state index in [1.807, 2.05) is 0 Å². The molecule has 8 heteroatoms. The average molecular weight is 414 g/mol. The lowest BCUT2D eigenvalue weighted by Gasteiger charge is -2.13. The molecule has 0 spiro atoms. The highest BCUT2D eigenvalue weighted by atomic mass is 32.2. The normalized spacial score (nSPS) is 15.1. The maximum Gasteiger partial charge on any atom is 0.293 e. The molecule has 29 heavy (non-hydrogen) atoms. The molecule has 3 rings (SSSR count). The fraction of sp³-hybridized carbons (Fsp3) is 0.190. The monoisotopic (exact) mass is 414 g/mol. The Kier molecular flexibility index (Phi) is 6.66. The Morgan fingerprint density at radius 3 is 2.59 bits per heavy atom. The zero-order valence-electron chi connectivity index (χ0n) is 15.7. The lowest BCUT2D eigenvalue weighted by Crippen LogP contribution is -2.37. The fourth-order valence-electron chi connectivity index (χ4n) is 2.73. The first-order chi connectivity index (χ1) is 14.0. The maximum atomic E-state index is 13.6. The Hall–Kier alpha value is -3.13. The van der Waals surface area contributed by atoms with Gasteiger partial charge in [-0.25, -0.2) is 4.39 Å². The number of amides is 3. The van der Waals surface area contributed by atoms with Crippen molar-refractivity contribution in [3.63, 3.8) is 0 Å². The van der Waals surface area contributed by atoms with Gasteiger partial charge in [-0.15, -0.1) is 0 Å². The summed E-state index contributed by atoms with van der Waals surface area (Å²) in [5.74, 6) is -0.534. The molecule has 1 heterocycles. The molecule has 2 aromatic carbocycles. The van der Waals surface area contributed by atoms with Crippen molar-refractivity contribution in [2.75, 3.05) is 20.2 Å². The van der Waals surface area contributed by atoms with Gasteiger partial charge in [-0.05, 0) is 47.2 Å². The van der Waals surface area contributed by atoms with Crippen molar-refractivity contribution in [2.45, 2.75) is 6.42 Å².